The molecule has 3 aromatic rings. The van der Waals surface area contributed by atoms with Crippen LogP contribution in [0.25, 0.3) is 11.0 Å². The predicted molar refractivity (Wildman–Crippen MR) is 98.0 cm³/mol. The number of hydrogen-bond acceptors (Lipinski definition) is 7. The standard InChI is InChI=1S/C14H13N5S.CHF3O3S/c1-19-11(15)7-4-8-12(19)18-13-14(20)17-10-6-3-2-5-9(10)16-13;2-1(3,4)8(5,6)7/h2-8H,1H3,(H3,15,16,17,18,20);(H,5,6,7). The molecule has 4 N–H and O–H groups in total. The highest BCUT2D eigenvalue weighted by atomic mass is 32.2. The SMILES string of the molecule is C[n+]1c(N)cccc1Nc1nc2ccccc2[nH]c1=S.O=S(=O)([O-])C(F)(F)F. The number of halogens is 3. The second-order valence-electron chi connectivity index (χ2n) is 5.35. The van der Waals surface area contributed by atoms with Gasteiger partial charge in [-0.2, -0.15) is 13.2 Å². The third kappa shape index (κ3) is 5.15. The Morgan fingerprint density at radius 1 is 1.21 bits per heavy atom. The van der Waals surface area contributed by atoms with Gasteiger partial charge in [0.05, 0.1) is 18.1 Å². The number of benzene rings is 1. The predicted octanol–water partition coefficient (Wildman–Crippen LogP) is 2.49. The van der Waals surface area contributed by atoms with Crippen molar-refractivity contribution in [3.8, 4) is 0 Å². The molecule has 0 spiro atoms. The maximum Gasteiger partial charge on any atom is 0.485 e. The van der Waals surface area contributed by atoms with Crippen LogP contribution in [0.2, 0.25) is 0 Å². The molecule has 0 aliphatic carbocycles. The van der Waals surface area contributed by atoms with Crippen LogP contribution in [0, 0.1) is 4.64 Å². The van der Waals surface area contributed by atoms with Crippen molar-refractivity contribution >= 4 is 50.8 Å². The van der Waals surface area contributed by atoms with E-state index in [1.54, 1.807) is 0 Å². The van der Waals surface area contributed by atoms with Gasteiger partial charge in [-0.25, -0.2) is 18.0 Å². The van der Waals surface area contributed by atoms with E-state index in [-0.39, 0.29) is 0 Å². The number of aromatic nitrogens is 3. The molecule has 8 nitrogen and oxygen atoms in total. The number of H-pyrrole nitrogens is 1. The summed E-state index contributed by atoms with van der Waals surface area (Å²) in [5.41, 5.74) is 2.00. The minimum Gasteiger partial charge on any atom is -0.741 e. The number of nitrogens with two attached hydrogens (primary N) is 1. The zero-order valence-electron chi connectivity index (χ0n) is 14.2. The minimum absolute atomic E-state index is 0.561. The molecular weight excluding hydrogens is 419 g/mol. The summed E-state index contributed by atoms with van der Waals surface area (Å²) in [5.74, 6) is 2.10. The van der Waals surface area contributed by atoms with E-state index >= 15 is 0 Å². The quantitative estimate of drug-likeness (QED) is 0.245. The normalized spacial score (nSPS) is 11.6. The number of nitrogens with one attached hydrogen (secondary N) is 2. The first kappa shape index (κ1) is 21.5. The van der Waals surface area contributed by atoms with Gasteiger partial charge >= 0.3 is 5.51 Å². The van der Waals surface area contributed by atoms with Crippen LogP contribution < -0.4 is 15.6 Å². The Morgan fingerprint density at radius 3 is 2.43 bits per heavy atom. The van der Waals surface area contributed by atoms with Crippen molar-refractivity contribution in [3.63, 3.8) is 0 Å². The first-order valence-corrected chi connectivity index (χ1v) is 9.24. The molecule has 0 unspecified atom stereocenters. The van der Waals surface area contributed by atoms with Crippen molar-refractivity contribution in [3.05, 3.63) is 47.1 Å². The zero-order chi connectivity index (χ0) is 21.1. The van der Waals surface area contributed by atoms with Gasteiger partial charge in [-0.05, 0) is 18.2 Å². The first-order valence-electron chi connectivity index (χ1n) is 7.43. The van der Waals surface area contributed by atoms with Gasteiger partial charge in [0.1, 0.15) is 0 Å². The summed E-state index contributed by atoms with van der Waals surface area (Å²) in [6.45, 7) is 0. The van der Waals surface area contributed by atoms with Gasteiger partial charge in [-0.1, -0.05) is 24.4 Å². The van der Waals surface area contributed by atoms with Crippen molar-refractivity contribution < 1.29 is 30.7 Å². The highest BCUT2D eigenvalue weighted by Gasteiger charge is 2.36. The average Bonchev–Trinajstić information content (AvgIpc) is 2.58. The summed E-state index contributed by atoms with van der Waals surface area (Å²) >= 11 is 5.33. The molecular formula is C15H14F3N5O3S2. The number of nitrogens with zero attached hydrogens (tertiary/aromatic N) is 2. The lowest BCUT2D eigenvalue weighted by Crippen LogP contribution is -2.35. The highest BCUT2D eigenvalue weighted by Crippen LogP contribution is 2.20. The Hall–Kier alpha value is -2.77. The van der Waals surface area contributed by atoms with Gasteiger partial charge < -0.3 is 15.3 Å². The van der Waals surface area contributed by atoms with E-state index in [2.05, 4.69) is 15.3 Å². The van der Waals surface area contributed by atoms with E-state index < -0.39 is 15.6 Å². The fourth-order valence-corrected chi connectivity index (χ4v) is 2.17. The van der Waals surface area contributed by atoms with E-state index in [1.807, 2.05) is 54.1 Å². The van der Waals surface area contributed by atoms with Crippen LogP contribution in [0.4, 0.5) is 30.6 Å². The Kier molecular flexibility index (Phi) is 6.21. The molecule has 28 heavy (non-hydrogen) atoms. The van der Waals surface area contributed by atoms with E-state index in [4.69, 9.17) is 30.9 Å². The van der Waals surface area contributed by atoms with Crippen LogP contribution in [-0.2, 0) is 17.2 Å². The fraction of sp³-hybridized carbons (Fsp3) is 0.133. The van der Waals surface area contributed by atoms with Crippen LogP contribution in [0.1, 0.15) is 0 Å². The minimum atomic E-state index is -6.09. The highest BCUT2D eigenvalue weighted by molar-refractivity contribution is 7.86. The van der Waals surface area contributed by atoms with Gasteiger partial charge in [0.15, 0.2) is 14.8 Å². The first-order chi connectivity index (χ1) is 12.9. The van der Waals surface area contributed by atoms with E-state index in [0.29, 0.717) is 16.3 Å². The molecule has 0 amide bonds. The molecule has 0 radical (unpaired) electrons. The van der Waals surface area contributed by atoms with Gasteiger partial charge in [0.25, 0.3) is 0 Å². The Balaban J connectivity index is 0.000000300. The van der Waals surface area contributed by atoms with Crippen LogP contribution in [0.3, 0.4) is 0 Å². The number of nitrogen functional groups attached to an aromatic ring is 1. The molecule has 3 rings (SSSR count). The van der Waals surface area contributed by atoms with E-state index in [9.17, 15) is 13.2 Å². The van der Waals surface area contributed by atoms with Crippen LogP contribution in [-0.4, -0.2) is 28.4 Å². The molecule has 0 aliphatic heterocycles. The number of anilines is 3. The lowest BCUT2D eigenvalue weighted by Gasteiger charge is -2.08. The Labute approximate surface area is 162 Å². The summed E-state index contributed by atoms with van der Waals surface area (Å²) in [7, 11) is -4.21. The zero-order valence-corrected chi connectivity index (χ0v) is 15.8. The average molecular weight is 433 g/mol. The van der Waals surface area contributed by atoms with E-state index in [0.717, 1.165) is 16.9 Å². The van der Waals surface area contributed by atoms with Gasteiger partial charge in [-0.15, -0.1) is 0 Å². The van der Waals surface area contributed by atoms with Crippen LogP contribution >= 0.6 is 12.2 Å². The lowest BCUT2D eigenvalue weighted by molar-refractivity contribution is -0.642. The summed E-state index contributed by atoms with van der Waals surface area (Å²) in [6, 6.07) is 13.4. The number of aromatic amines is 1. The molecule has 150 valence electrons. The van der Waals surface area contributed by atoms with Crippen molar-refractivity contribution in [2.24, 2.45) is 7.05 Å². The molecule has 0 aliphatic rings. The number of rotatable bonds is 2. The second kappa shape index (κ2) is 8.08. The van der Waals surface area contributed by atoms with Crippen LogP contribution in [0.15, 0.2) is 42.5 Å². The number of fused-ring (bicyclic) bond motifs is 1. The fourth-order valence-electron chi connectivity index (χ4n) is 1.96. The maximum atomic E-state index is 10.7. The molecule has 0 saturated heterocycles. The summed E-state index contributed by atoms with van der Waals surface area (Å²) in [6.07, 6.45) is 0. The molecule has 0 saturated carbocycles. The number of alkyl halides is 3. The molecule has 0 atom stereocenters. The number of pyridine rings is 1. The van der Waals surface area contributed by atoms with Crippen molar-refractivity contribution in [1.29, 1.82) is 0 Å². The Bertz CT molecular complexity index is 1160. The number of para-hydroxylation sites is 2. The van der Waals surface area contributed by atoms with Crippen molar-refractivity contribution in [2.45, 2.75) is 5.51 Å². The summed E-state index contributed by atoms with van der Waals surface area (Å²) < 4.78 is 61.3. The molecule has 2 heterocycles. The summed E-state index contributed by atoms with van der Waals surface area (Å²) in [5, 5.41) is 3.21. The van der Waals surface area contributed by atoms with Gasteiger partial charge in [0.2, 0.25) is 17.5 Å². The van der Waals surface area contributed by atoms with Gasteiger partial charge in [-0.3, -0.25) is 5.32 Å². The molecule has 13 heteroatoms. The monoisotopic (exact) mass is 433 g/mol. The maximum absolute atomic E-state index is 10.7. The molecule has 0 bridgehead atoms. The van der Waals surface area contributed by atoms with Crippen molar-refractivity contribution in [2.75, 3.05) is 11.1 Å². The topological polar surface area (TPSA) is 128 Å². The largest absolute Gasteiger partial charge is 0.741 e. The lowest BCUT2D eigenvalue weighted by atomic mass is 10.3. The second-order valence-corrected chi connectivity index (χ2v) is 7.13. The summed E-state index contributed by atoms with van der Waals surface area (Å²) in [4.78, 5) is 7.70. The smallest absolute Gasteiger partial charge is 0.485 e. The van der Waals surface area contributed by atoms with E-state index in [1.165, 1.54) is 0 Å². The molecule has 0 fully saturated rings. The molecule has 1 aromatic carbocycles. The third-order valence-electron chi connectivity index (χ3n) is 3.40. The third-order valence-corrected chi connectivity index (χ3v) is 4.26. The van der Waals surface area contributed by atoms with Crippen molar-refractivity contribution in [1.82, 2.24) is 9.97 Å². The van der Waals surface area contributed by atoms with Crippen LogP contribution in [0.5, 0.6) is 0 Å². The molecule has 2 aromatic heterocycles. The number of hydrogen-bond donors (Lipinski definition) is 3. The Morgan fingerprint density at radius 2 is 1.82 bits per heavy atom. The van der Waals surface area contributed by atoms with Gasteiger partial charge in [0, 0.05) is 12.1 Å².